The summed E-state index contributed by atoms with van der Waals surface area (Å²) < 4.78 is 45.6. The van der Waals surface area contributed by atoms with E-state index in [1.54, 1.807) is 21.0 Å². The number of nitrogens with one attached hydrogen (secondary N) is 1. The summed E-state index contributed by atoms with van der Waals surface area (Å²) in [7, 11) is -0.133. The lowest BCUT2D eigenvalue weighted by atomic mass is 10.2. The van der Waals surface area contributed by atoms with Crippen LogP contribution in [0.5, 0.6) is 0 Å². The van der Waals surface area contributed by atoms with Gasteiger partial charge in [0.1, 0.15) is 15.6 Å². The lowest BCUT2D eigenvalue weighted by Gasteiger charge is -2.08. The third kappa shape index (κ3) is 3.99. The highest BCUT2D eigenvalue weighted by Crippen LogP contribution is 2.27. The molecule has 0 bridgehead atoms. The summed E-state index contributed by atoms with van der Waals surface area (Å²) in [5, 5.41) is -0.0874. The lowest BCUT2D eigenvalue weighted by molar-refractivity contribution is 0.0600. The standard InChI is InChI=1S/C15H16FN3O5S2/c1-8-12(13(20)19(2)3)25-15(17-8)18-26(22,23)11-7-9(14(21)24-4)5-6-10(11)16/h5-7H,1-4H3,(H,17,18). The van der Waals surface area contributed by atoms with Gasteiger partial charge in [-0.05, 0) is 25.1 Å². The predicted molar refractivity (Wildman–Crippen MR) is 93.4 cm³/mol. The van der Waals surface area contributed by atoms with Crippen molar-refractivity contribution in [1.82, 2.24) is 9.88 Å². The molecule has 0 unspecified atom stereocenters. The van der Waals surface area contributed by atoms with Crippen LogP contribution in [0.15, 0.2) is 23.1 Å². The fourth-order valence-corrected chi connectivity index (χ4v) is 4.29. The van der Waals surface area contributed by atoms with Gasteiger partial charge in [0.15, 0.2) is 5.13 Å². The number of aryl methyl sites for hydroxylation is 1. The number of ether oxygens (including phenoxy) is 1. The van der Waals surface area contributed by atoms with Crippen molar-refractivity contribution in [2.24, 2.45) is 0 Å². The number of halogens is 1. The Morgan fingerprint density at radius 1 is 1.31 bits per heavy atom. The van der Waals surface area contributed by atoms with Gasteiger partial charge in [-0.3, -0.25) is 9.52 Å². The number of rotatable bonds is 5. The number of benzene rings is 1. The summed E-state index contributed by atoms with van der Waals surface area (Å²) in [6.07, 6.45) is 0. The van der Waals surface area contributed by atoms with E-state index < -0.39 is 26.7 Å². The Bertz CT molecular complexity index is 970. The van der Waals surface area contributed by atoms with Crippen molar-refractivity contribution in [3.63, 3.8) is 0 Å². The Morgan fingerprint density at radius 3 is 2.54 bits per heavy atom. The van der Waals surface area contributed by atoms with Crippen LogP contribution in [-0.2, 0) is 14.8 Å². The van der Waals surface area contributed by atoms with Crippen LogP contribution in [0.2, 0.25) is 0 Å². The van der Waals surface area contributed by atoms with E-state index in [9.17, 15) is 22.4 Å². The molecule has 1 amide bonds. The molecule has 0 radical (unpaired) electrons. The van der Waals surface area contributed by atoms with Crippen LogP contribution in [0.3, 0.4) is 0 Å². The van der Waals surface area contributed by atoms with Gasteiger partial charge in [-0.2, -0.15) is 0 Å². The highest BCUT2D eigenvalue weighted by Gasteiger charge is 2.24. The molecule has 1 aromatic carbocycles. The Balaban J connectivity index is 2.40. The van der Waals surface area contributed by atoms with Gasteiger partial charge in [-0.1, -0.05) is 11.3 Å². The molecule has 1 heterocycles. The number of esters is 1. The zero-order valence-corrected chi connectivity index (χ0v) is 16.0. The van der Waals surface area contributed by atoms with E-state index in [4.69, 9.17) is 0 Å². The number of amides is 1. The lowest BCUT2D eigenvalue weighted by Crippen LogP contribution is -2.21. The number of hydrogen-bond acceptors (Lipinski definition) is 7. The van der Waals surface area contributed by atoms with Gasteiger partial charge in [0, 0.05) is 14.1 Å². The first-order valence-electron chi connectivity index (χ1n) is 7.16. The molecule has 1 N–H and O–H groups in total. The molecular weight excluding hydrogens is 385 g/mol. The summed E-state index contributed by atoms with van der Waals surface area (Å²) >= 11 is 0.832. The maximum absolute atomic E-state index is 14.0. The number of sulfonamides is 1. The number of methoxy groups -OCH3 is 1. The predicted octanol–water partition coefficient (Wildman–Crippen LogP) is 1.88. The fourth-order valence-electron chi connectivity index (χ4n) is 1.97. The number of carbonyl (C=O) groups is 2. The minimum absolute atomic E-state index is 0.0874. The molecule has 0 aliphatic heterocycles. The topological polar surface area (TPSA) is 106 Å². The van der Waals surface area contributed by atoms with E-state index in [2.05, 4.69) is 14.4 Å². The first-order chi connectivity index (χ1) is 12.1. The van der Waals surface area contributed by atoms with Crippen molar-refractivity contribution < 1.29 is 27.1 Å². The van der Waals surface area contributed by atoms with Crippen molar-refractivity contribution in [1.29, 1.82) is 0 Å². The summed E-state index contributed by atoms with van der Waals surface area (Å²) in [4.78, 5) is 28.4. The molecule has 0 saturated carbocycles. The summed E-state index contributed by atoms with van der Waals surface area (Å²) in [5.74, 6) is -2.17. The van der Waals surface area contributed by atoms with E-state index in [-0.39, 0.29) is 21.5 Å². The van der Waals surface area contributed by atoms with Gasteiger partial charge in [0.2, 0.25) is 0 Å². The zero-order valence-electron chi connectivity index (χ0n) is 14.4. The second-order valence-electron chi connectivity index (χ2n) is 5.38. The van der Waals surface area contributed by atoms with Crippen molar-refractivity contribution in [3.05, 3.63) is 40.2 Å². The van der Waals surface area contributed by atoms with Crippen LogP contribution in [0.4, 0.5) is 9.52 Å². The molecule has 11 heteroatoms. The molecule has 2 rings (SSSR count). The van der Waals surface area contributed by atoms with Gasteiger partial charge in [0.05, 0.1) is 18.4 Å². The second kappa shape index (κ2) is 7.38. The average molecular weight is 401 g/mol. The van der Waals surface area contributed by atoms with Crippen LogP contribution in [-0.4, -0.2) is 51.4 Å². The largest absolute Gasteiger partial charge is 0.465 e. The molecule has 1 aromatic heterocycles. The summed E-state index contributed by atoms with van der Waals surface area (Å²) in [6, 6.07) is 2.84. The first kappa shape index (κ1) is 19.8. The second-order valence-corrected chi connectivity index (χ2v) is 8.03. The molecule has 8 nitrogen and oxygen atoms in total. The molecule has 0 aliphatic carbocycles. The zero-order chi connectivity index (χ0) is 19.6. The molecule has 0 saturated heterocycles. The van der Waals surface area contributed by atoms with Gasteiger partial charge in [-0.15, -0.1) is 0 Å². The van der Waals surface area contributed by atoms with Crippen molar-refractivity contribution in [2.75, 3.05) is 25.9 Å². The molecule has 140 valence electrons. The average Bonchev–Trinajstić information content (AvgIpc) is 2.92. The normalized spacial score (nSPS) is 11.1. The van der Waals surface area contributed by atoms with Crippen LogP contribution in [0.1, 0.15) is 25.7 Å². The quantitative estimate of drug-likeness (QED) is 0.767. The molecular formula is C15H16FN3O5S2. The highest BCUT2D eigenvalue weighted by atomic mass is 32.2. The van der Waals surface area contributed by atoms with Gasteiger partial charge >= 0.3 is 5.97 Å². The number of aromatic nitrogens is 1. The molecule has 0 aliphatic rings. The number of anilines is 1. The van der Waals surface area contributed by atoms with Crippen LogP contribution in [0, 0.1) is 12.7 Å². The third-order valence-electron chi connectivity index (χ3n) is 3.26. The maximum atomic E-state index is 14.0. The molecule has 26 heavy (non-hydrogen) atoms. The maximum Gasteiger partial charge on any atom is 0.337 e. The van der Waals surface area contributed by atoms with E-state index in [0.29, 0.717) is 5.69 Å². The SMILES string of the molecule is COC(=O)c1ccc(F)c(S(=O)(=O)Nc2nc(C)c(C(=O)N(C)C)s2)c1. The van der Waals surface area contributed by atoms with E-state index in [1.165, 1.54) is 4.90 Å². The molecule has 2 aromatic rings. The van der Waals surface area contributed by atoms with Crippen molar-refractivity contribution >= 4 is 38.4 Å². The Kier molecular flexibility index (Phi) is 5.62. The Hall–Kier alpha value is -2.53. The van der Waals surface area contributed by atoms with Crippen molar-refractivity contribution in [2.45, 2.75) is 11.8 Å². The number of thiazole rings is 1. The summed E-state index contributed by atoms with van der Waals surface area (Å²) in [5.41, 5.74) is 0.225. The van der Waals surface area contributed by atoms with Gasteiger partial charge < -0.3 is 9.64 Å². The minimum atomic E-state index is -4.37. The fraction of sp³-hybridized carbons (Fsp3) is 0.267. The van der Waals surface area contributed by atoms with E-state index >= 15 is 0 Å². The Labute approximate surface area is 153 Å². The monoisotopic (exact) mass is 401 g/mol. The van der Waals surface area contributed by atoms with Crippen LogP contribution < -0.4 is 4.72 Å². The van der Waals surface area contributed by atoms with Gasteiger partial charge in [-0.25, -0.2) is 22.6 Å². The smallest absolute Gasteiger partial charge is 0.337 e. The highest BCUT2D eigenvalue weighted by molar-refractivity contribution is 7.93. The Morgan fingerprint density at radius 2 is 1.96 bits per heavy atom. The van der Waals surface area contributed by atoms with E-state index in [1.807, 2.05) is 0 Å². The van der Waals surface area contributed by atoms with Crippen molar-refractivity contribution in [3.8, 4) is 0 Å². The number of carbonyl (C=O) groups excluding carboxylic acids is 2. The first-order valence-corrected chi connectivity index (χ1v) is 9.46. The molecule has 0 spiro atoms. The van der Waals surface area contributed by atoms with Gasteiger partial charge in [0.25, 0.3) is 15.9 Å². The van der Waals surface area contributed by atoms with Crippen LogP contribution in [0.25, 0.3) is 0 Å². The summed E-state index contributed by atoms with van der Waals surface area (Å²) in [6.45, 7) is 1.56. The number of hydrogen-bond donors (Lipinski definition) is 1. The molecule has 0 fully saturated rings. The minimum Gasteiger partial charge on any atom is -0.465 e. The van der Waals surface area contributed by atoms with Crippen LogP contribution >= 0.6 is 11.3 Å². The third-order valence-corrected chi connectivity index (χ3v) is 5.80. The molecule has 0 atom stereocenters. The van der Waals surface area contributed by atoms with E-state index in [0.717, 1.165) is 36.6 Å². The number of nitrogens with zero attached hydrogens (tertiary/aromatic N) is 2.